The molecule has 6 heterocycles. The molecule has 0 saturated carbocycles. The third-order valence-corrected chi connectivity index (χ3v) is 13.1. The van der Waals surface area contributed by atoms with E-state index in [-0.39, 0.29) is 23.5 Å². The van der Waals surface area contributed by atoms with E-state index in [9.17, 15) is 14.0 Å². The van der Waals surface area contributed by atoms with Gasteiger partial charge in [-0.15, -0.1) is 0 Å². The first-order valence-corrected chi connectivity index (χ1v) is 28.4. The summed E-state index contributed by atoms with van der Waals surface area (Å²) < 4.78 is 33.2. The number of benzene rings is 4. The number of hydrogen-bond acceptors (Lipinski definition) is 12. The van der Waals surface area contributed by atoms with Crippen molar-refractivity contribution in [3.05, 3.63) is 209 Å². The van der Waals surface area contributed by atoms with Gasteiger partial charge in [-0.25, -0.2) is 9.37 Å². The van der Waals surface area contributed by atoms with E-state index in [0.29, 0.717) is 58.6 Å². The summed E-state index contributed by atoms with van der Waals surface area (Å²) in [5.74, 6) is 6.04. The van der Waals surface area contributed by atoms with Crippen molar-refractivity contribution in [3.8, 4) is 39.8 Å². The molecule has 5 aromatic heterocycles. The number of aromatic nitrogens is 6. The monoisotopic (exact) mass is 1130 g/mol. The quantitative estimate of drug-likeness (QED) is 0.114. The maximum absolute atomic E-state index is 12.7. The van der Waals surface area contributed by atoms with Gasteiger partial charge in [-0.1, -0.05) is 177 Å². The topological polar surface area (TPSA) is 167 Å². The Morgan fingerprint density at radius 3 is 1.64 bits per heavy atom. The van der Waals surface area contributed by atoms with Crippen LogP contribution in [0, 0.1) is 5.82 Å². The van der Waals surface area contributed by atoms with Gasteiger partial charge in [0.15, 0.2) is 5.76 Å². The van der Waals surface area contributed by atoms with Crippen LogP contribution in [0.2, 0.25) is 0 Å². The Morgan fingerprint density at radius 2 is 1.17 bits per heavy atom. The summed E-state index contributed by atoms with van der Waals surface area (Å²) in [6.07, 6.45) is 4.70. The van der Waals surface area contributed by atoms with Crippen LogP contribution in [-0.4, -0.2) is 86.3 Å². The fraction of sp³-hybridized carbons (Fsp3) is 0.353. The summed E-state index contributed by atoms with van der Waals surface area (Å²) in [6, 6.07) is 45.5. The number of nitrogens with zero attached hydrogens (tertiary/aromatic N) is 8. The largest absolute Gasteiger partial charge is 0.481 e. The van der Waals surface area contributed by atoms with Crippen molar-refractivity contribution in [2.75, 3.05) is 34.3 Å². The maximum atomic E-state index is 12.7. The normalized spacial score (nSPS) is 11.5. The molecule has 1 saturated heterocycles. The van der Waals surface area contributed by atoms with Crippen LogP contribution in [0.4, 0.5) is 4.39 Å². The van der Waals surface area contributed by atoms with E-state index in [1.807, 2.05) is 154 Å². The van der Waals surface area contributed by atoms with Crippen molar-refractivity contribution in [2.24, 2.45) is 0 Å². The van der Waals surface area contributed by atoms with Crippen molar-refractivity contribution in [2.45, 2.75) is 125 Å². The van der Waals surface area contributed by atoms with Crippen LogP contribution in [0.3, 0.4) is 0 Å². The molecule has 0 atom stereocenters. The molecule has 0 aliphatic carbocycles. The van der Waals surface area contributed by atoms with Crippen LogP contribution >= 0.6 is 0 Å². The number of amides is 2. The molecule has 0 radical (unpaired) electrons. The van der Waals surface area contributed by atoms with Crippen molar-refractivity contribution in [3.63, 3.8) is 0 Å². The summed E-state index contributed by atoms with van der Waals surface area (Å²) in [7, 11) is 5.16. The number of methoxy groups -OCH3 is 1. The zero-order valence-corrected chi connectivity index (χ0v) is 51.0. The molecule has 0 unspecified atom stereocenters. The predicted octanol–water partition coefficient (Wildman–Crippen LogP) is 16.7. The molecule has 14 nitrogen and oxygen atoms in total. The van der Waals surface area contributed by atoms with Crippen LogP contribution in [-0.2, 0) is 0 Å². The van der Waals surface area contributed by atoms with Crippen LogP contribution in [0.1, 0.15) is 180 Å². The SMILES string of the molecule is CC(C)c1cc(-c2ccc(F)cc2)on1.CC(C)c1cc(-c2ccccc2)no1.CC(C)c1ccc(C(=O)N(C)C)cc1.CC(C)c1ccc(C(=O)N2CCC2)nc1.CC(C)c1nc(-c2ccccc2)no1.COc1cc(C(C)C)ccn1. The molecule has 10 rings (SSSR count). The van der Waals surface area contributed by atoms with E-state index in [1.165, 1.54) is 28.8 Å². The fourth-order valence-corrected chi connectivity index (χ4v) is 7.51. The van der Waals surface area contributed by atoms with E-state index in [1.54, 1.807) is 50.6 Å². The Bertz CT molecular complexity index is 3210. The Balaban J connectivity index is 0.000000183. The number of hydrogen-bond donors (Lipinski definition) is 0. The van der Waals surface area contributed by atoms with E-state index < -0.39 is 0 Å². The van der Waals surface area contributed by atoms with E-state index >= 15 is 0 Å². The van der Waals surface area contributed by atoms with E-state index in [2.05, 4.69) is 85.8 Å². The van der Waals surface area contributed by atoms with Crippen LogP contribution in [0.15, 0.2) is 172 Å². The number of pyridine rings is 2. The summed E-state index contributed by atoms with van der Waals surface area (Å²) in [5.41, 5.74) is 9.77. The van der Waals surface area contributed by atoms with Crippen molar-refractivity contribution in [1.82, 2.24) is 40.2 Å². The molecule has 15 heteroatoms. The molecule has 0 spiro atoms. The predicted molar refractivity (Wildman–Crippen MR) is 328 cm³/mol. The lowest BCUT2D eigenvalue weighted by molar-refractivity contribution is 0.0645. The second-order valence-corrected chi connectivity index (χ2v) is 21.9. The molecule has 9 aromatic rings. The zero-order valence-electron chi connectivity index (χ0n) is 51.0. The lowest BCUT2D eigenvalue weighted by Crippen LogP contribution is -2.42. The molecule has 2 amide bonds. The summed E-state index contributed by atoms with van der Waals surface area (Å²) >= 11 is 0. The second kappa shape index (κ2) is 32.8. The van der Waals surface area contributed by atoms with E-state index in [4.69, 9.17) is 18.3 Å². The number of halogens is 1. The van der Waals surface area contributed by atoms with Gasteiger partial charge in [0.1, 0.15) is 23.0 Å². The van der Waals surface area contributed by atoms with Gasteiger partial charge in [0.25, 0.3) is 11.8 Å². The molecule has 1 aliphatic rings. The third-order valence-electron chi connectivity index (χ3n) is 13.1. The smallest absolute Gasteiger partial charge is 0.272 e. The molecular formula is C68H83FN8O6. The number of rotatable bonds is 12. The number of likely N-dealkylation sites (tertiary alicyclic amines) is 1. The first kappa shape index (κ1) is 65.2. The molecule has 83 heavy (non-hydrogen) atoms. The van der Waals surface area contributed by atoms with Crippen LogP contribution in [0.25, 0.3) is 34.0 Å². The van der Waals surface area contributed by atoms with Gasteiger partial charge in [0.2, 0.25) is 17.6 Å². The van der Waals surface area contributed by atoms with Crippen molar-refractivity contribution < 1.29 is 32.3 Å². The Hall–Kier alpha value is -8.59. The number of carbonyl (C=O) groups excluding carboxylic acids is 2. The highest BCUT2D eigenvalue weighted by Crippen LogP contribution is 2.26. The fourth-order valence-electron chi connectivity index (χ4n) is 7.51. The minimum atomic E-state index is -0.248. The highest BCUT2D eigenvalue weighted by atomic mass is 19.1. The van der Waals surface area contributed by atoms with Crippen molar-refractivity contribution in [1.29, 1.82) is 0 Å². The van der Waals surface area contributed by atoms with Crippen LogP contribution in [0.5, 0.6) is 5.88 Å². The van der Waals surface area contributed by atoms with Gasteiger partial charge in [-0.05, 0) is 95.3 Å². The van der Waals surface area contributed by atoms with Crippen LogP contribution < -0.4 is 4.74 Å². The van der Waals surface area contributed by atoms with Gasteiger partial charge in [-0.2, -0.15) is 4.98 Å². The molecule has 438 valence electrons. The van der Waals surface area contributed by atoms with E-state index in [0.717, 1.165) is 58.9 Å². The minimum Gasteiger partial charge on any atom is -0.481 e. The maximum Gasteiger partial charge on any atom is 0.272 e. The van der Waals surface area contributed by atoms with Gasteiger partial charge in [-0.3, -0.25) is 14.6 Å². The first-order valence-electron chi connectivity index (χ1n) is 28.4. The summed E-state index contributed by atoms with van der Waals surface area (Å²) in [6.45, 7) is 26.9. The molecule has 1 fully saturated rings. The Morgan fingerprint density at radius 1 is 0.566 bits per heavy atom. The average Bonchev–Trinajstić information content (AvgIpc) is 4.46. The minimum absolute atomic E-state index is 0.0558. The molecule has 0 bridgehead atoms. The van der Waals surface area contributed by atoms with Gasteiger partial charge in [0, 0.05) is 91.9 Å². The molecule has 0 N–H and O–H groups in total. The zero-order chi connectivity index (χ0) is 60.6. The average molecular weight is 1130 g/mol. The lowest BCUT2D eigenvalue weighted by atomic mass is 10.0. The number of ether oxygens (including phenoxy) is 1. The van der Waals surface area contributed by atoms with Gasteiger partial charge < -0.3 is 28.1 Å². The standard InChI is InChI=1S/C12H12FNO.C12H16N2O.C12H13NO.C12H17NO.C11H12N2O.C9H13NO/c1-8(2)11-7-12(15-14-11)9-3-5-10(13)6-4-9;1-9(2)10-4-5-11(13-8-10)12(15)14-6-3-7-14;1-9(2)12-8-11(13-14-12)10-6-4-3-5-7-10;1-9(2)10-5-7-11(8-6-10)12(14)13(3)4;1-8(2)11-12-10(13-14-11)9-6-4-3-5-7-9;1-7(2)8-4-5-10-9(6-8)11-3/h3-8H,1-2H3;4-5,8-9H,3,6-7H2,1-2H3;3-9H,1-2H3;5-9H,1-4H3;3-8H,1-2H3;4-7H,1-3H3. The molecule has 4 aromatic carbocycles. The highest BCUT2D eigenvalue weighted by Gasteiger charge is 2.22. The molecular weight excluding hydrogens is 1040 g/mol. The Labute approximate surface area is 490 Å². The second-order valence-electron chi connectivity index (χ2n) is 21.9. The summed E-state index contributed by atoms with van der Waals surface area (Å²) in [4.78, 5) is 39.3. The Kier molecular flexibility index (Phi) is 25.7. The highest BCUT2D eigenvalue weighted by molar-refractivity contribution is 5.94. The summed E-state index contributed by atoms with van der Waals surface area (Å²) in [5, 5.41) is 11.9. The lowest BCUT2D eigenvalue weighted by Gasteiger charge is -2.30. The molecule has 1 aliphatic heterocycles. The van der Waals surface area contributed by atoms with Crippen molar-refractivity contribution >= 4 is 11.8 Å². The van der Waals surface area contributed by atoms with Gasteiger partial charge >= 0.3 is 0 Å². The first-order chi connectivity index (χ1) is 39.6. The van der Waals surface area contributed by atoms with Gasteiger partial charge in [0.05, 0.1) is 12.8 Å². The number of carbonyl (C=O) groups is 2. The third kappa shape index (κ3) is 20.7.